The second-order valence-electron chi connectivity index (χ2n) is 7.12. The van der Waals surface area contributed by atoms with Crippen LogP contribution < -0.4 is 10.1 Å². The number of carbonyl (C=O) groups is 1. The molecule has 0 aliphatic heterocycles. The van der Waals surface area contributed by atoms with E-state index in [-0.39, 0.29) is 6.03 Å². The SMILES string of the molecule is CCOc1ccc(CN(C)C(=O)Nc2cccc(-c3nnnn3C3CC3)c2)cc1. The largest absolute Gasteiger partial charge is 0.494 e. The predicted octanol–water partition coefficient (Wildman–Crippen LogP) is 3.74. The van der Waals surface area contributed by atoms with Crippen LogP contribution in [0.4, 0.5) is 10.5 Å². The fourth-order valence-electron chi connectivity index (χ4n) is 3.11. The first-order valence-corrected chi connectivity index (χ1v) is 9.76. The average molecular weight is 392 g/mol. The molecule has 8 nitrogen and oxygen atoms in total. The average Bonchev–Trinajstić information content (AvgIpc) is 3.46. The highest BCUT2D eigenvalue weighted by molar-refractivity contribution is 5.89. The van der Waals surface area contributed by atoms with Gasteiger partial charge in [-0.15, -0.1) is 5.10 Å². The Hall–Kier alpha value is -3.42. The first kappa shape index (κ1) is 18.9. The van der Waals surface area contributed by atoms with Gasteiger partial charge in [-0.05, 0) is 60.0 Å². The van der Waals surface area contributed by atoms with Crippen molar-refractivity contribution in [2.75, 3.05) is 19.0 Å². The monoisotopic (exact) mass is 392 g/mol. The van der Waals surface area contributed by atoms with Gasteiger partial charge in [-0.25, -0.2) is 9.48 Å². The van der Waals surface area contributed by atoms with Crippen LogP contribution in [-0.2, 0) is 6.54 Å². The summed E-state index contributed by atoms with van der Waals surface area (Å²) in [5.41, 5.74) is 2.62. The van der Waals surface area contributed by atoms with Crippen LogP contribution in [0.1, 0.15) is 31.4 Å². The van der Waals surface area contributed by atoms with Crippen LogP contribution in [0.5, 0.6) is 5.75 Å². The van der Waals surface area contributed by atoms with E-state index in [1.807, 2.05) is 60.1 Å². The zero-order valence-electron chi connectivity index (χ0n) is 16.6. The van der Waals surface area contributed by atoms with E-state index >= 15 is 0 Å². The number of nitrogens with zero attached hydrogens (tertiary/aromatic N) is 5. The van der Waals surface area contributed by atoms with Crippen LogP contribution in [0.3, 0.4) is 0 Å². The van der Waals surface area contributed by atoms with E-state index in [4.69, 9.17) is 4.74 Å². The third-order valence-corrected chi connectivity index (χ3v) is 4.76. The van der Waals surface area contributed by atoms with E-state index in [9.17, 15) is 4.79 Å². The normalized spacial score (nSPS) is 13.2. The number of hydrogen-bond donors (Lipinski definition) is 1. The van der Waals surface area contributed by atoms with Crippen molar-refractivity contribution in [2.45, 2.75) is 32.4 Å². The summed E-state index contributed by atoms with van der Waals surface area (Å²) >= 11 is 0. The lowest BCUT2D eigenvalue weighted by Crippen LogP contribution is -2.30. The summed E-state index contributed by atoms with van der Waals surface area (Å²) in [6, 6.07) is 15.6. The number of carbonyl (C=O) groups excluding carboxylic acids is 1. The Bertz CT molecular complexity index is 981. The quantitative estimate of drug-likeness (QED) is 0.662. The van der Waals surface area contributed by atoms with Gasteiger partial charge in [-0.2, -0.15) is 0 Å². The number of urea groups is 1. The molecule has 0 unspecified atom stereocenters. The molecule has 2 amide bonds. The van der Waals surface area contributed by atoms with Gasteiger partial charge >= 0.3 is 6.03 Å². The summed E-state index contributed by atoms with van der Waals surface area (Å²) in [4.78, 5) is 14.2. The molecule has 1 aliphatic carbocycles. The maximum atomic E-state index is 12.6. The zero-order valence-corrected chi connectivity index (χ0v) is 16.6. The van der Waals surface area contributed by atoms with Crippen LogP contribution in [0.2, 0.25) is 0 Å². The molecule has 0 spiro atoms. The van der Waals surface area contributed by atoms with E-state index in [0.29, 0.717) is 24.9 Å². The van der Waals surface area contributed by atoms with Crippen LogP contribution in [0.25, 0.3) is 11.4 Å². The molecule has 150 valence electrons. The Kier molecular flexibility index (Phi) is 5.41. The molecule has 2 aromatic carbocycles. The molecule has 0 atom stereocenters. The molecule has 1 aromatic heterocycles. The minimum atomic E-state index is -0.183. The van der Waals surface area contributed by atoms with Gasteiger partial charge in [-0.3, -0.25) is 0 Å². The Balaban J connectivity index is 1.40. The summed E-state index contributed by atoms with van der Waals surface area (Å²) in [5, 5.41) is 15.0. The first-order valence-electron chi connectivity index (χ1n) is 9.76. The fraction of sp³-hybridized carbons (Fsp3) is 0.333. The number of amides is 2. The molecule has 1 N–H and O–H groups in total. The van der Waals surface area contributed by atoms with Crippen molar-refractivity contribution < 1.29 is 9.53 Å². The van der Waals surface area contributed by atoms with Gasteiger partial charge in [0.05, 0.1) is 12.6 Å². The van der Waals surface area contributed by atoms with Gasteiger partial charge in [0.1, 0.15) is 5.75 Å². The van der Waals surface area contributed by atoms with Gasteiger partial charge in [0.2, 0.25) is 0 Å². The smallest absolute Gasteiger partial charge is 0.321 e. The summed E-state index contributed by atoms with van der Waals surface area (Å²) in [6.45, 7) is 3.08. The lowest BCUT2D eigenvalue weighted by molar-refractivity contribution is 0.220. The molecule has 1 fully saturated rings. The van der Waals surface area contributed by atoms with Gasteiger partial charge < -0.3 is 15.0 Å². The number of hydrogen-bond acceptors (Lipinski definition) is 5. The topological polar surface area (TPSA) is 85.2 Å². The highest BCUT2D eigenvalue weighted by Gasteiger charge is 2.28. The minimum absolute atomic E-state index is 0.183. The molecule has 8 heteroatoms. The third-order valence-electron chi connectivity index (χ3n) is 4.76. The molecule has 1 saturated carbocycles. The highest BCUT2D eigenvalue weighted by Crippen LogP contribution is 2.36. The van der Waals surface area contributed by atoms with Crippen molar-refractivity contribution in [2.24, 2.45) is 0 Å². The van der Waals surface area contributed by atoms with Gasteiger partial charge in [0, 0.05) is 24.8 Å². The van der Waals surface area contributed by atoms with Crippen LogP contribution in [-0.4, -0.2) is 44.8 Å². The standard InChI is InChI=1S/C21H24N6O2/c1-3-29-19-11-7-15(8-12-19)14-26(2)21(28)22-17-6-4-5-16(13-17)20-23-24-25-27(20)18-9-10-18/h4-8,11-13,18H,3,9-10,14H2,1-2H3,(H,22,28). The lowest BCUT2D eigenvalue weighted by Gasteiger charge is -2.18. The van der Waals surface area contributed by atoms with Gasteiger partial charge in [0.25, 0.3) is 0 Å². The summed E-state index contributed by atoms with van der Waals surface area (Å²) < 4.78 is 7.31. The van der Waals surface area contributed by atoms with E-state index < -0.39 is 0 Å². The molecule has 0 saturated heterocycles. The van der Waals surface area contributed by atoms with Crippen molar-refractivity contribution in [3.8, 4) is 17.1 Å². The second-order valence-corrected chi connectivity index (χ2v) is 7.12. The molecular formula is C21H24N6O2. The van der Waals surface area contributed by atoms with Crippen molar-refractivity contribution in [3.05, 3.63) is 54.1 Å². The van der Waals surface area contributed by atoms with Gasteiger partial charge in [0.15, 0.2) is 5.82 Å². The number of rotatable bonds is 7. The van der Waals surface area contributed by atoms with Gasteiger partial charge in [-0.1, -0.05) is 24.3 Å². The summed E-state index contributed by atoms with van der Waals surface area (Å²) in [5.74, 6) is 1.56. The predicted molar refractivity (Wildman–Crippen MR) is 110 cm³/mol. The van der Waals surface area contributed by atoms with E-state index in [1.165, 1.54) is 0 Å². The minimum Gasteiger partial charge on any atom is -0.494 e. The van der Waals surface area contributed by atoms with Crippen molar-refractivity contribution in [3.63, 3.8) is 0 Å². The number of benzene rings is 2. The summed E-state index contributed by atoms with van der Waals surface area (Å²) in [7, 11) is 1.77. The number of aromatic nitrogens is 4. The van der Waals surface area contributed by atoms with Crippen molar-refractivity contribution >= 4 is 11.7 Å². The number of nitrogens with one attached hydrogen (secondary N) is 1. The van der Waals surface area contributed by atoms with Crippen LogP contribution >= 0.6 is 0 Å². The molecule has 0 radical (unpaired) electrons. The Morgan fingerprint density at radius 2 is 2.03 bits per heavy atom. The van der Waals surface area contributed by atoms with E-state index in [1.54, 1.807) is 11.9 Å². The molecule has 0 bridgehead atoms. The number of ether oxygens (including phenoxy) is 1. The second kappa shape index (κ2) is 8.30. The number of tetrazole rings is 1. The Morgan fingerprint density at radius 3 is 2.76 bits per heavy atom. The fourth-order valence-corrected chi connectivity index (χ4v) is 3.11. The Labute approximate surface area is 169 Å². The molecule has 1 aliphatic rings. The lowest BCUT2D eigenvalue weighted by atomic mass is 10.2. The first-order chi connectivity index (χ1) is 14.1. The van der Waals surface area contributed by atoms with E-state index in [2.05, 4.69) is 20.8 Å². The zero-order chi connectivity index (χ0) is 20.2. The molecule has 29 heavy (non-hydrogen) atoms. The highest BCUT2D eigenvalue weighted by atomic mass is 16.5. The maximum absolute atomic E-state index is 12.6. The molecule has 4 rings (SSSR count). The molecular weight excluding hydrogens is 368 g/mol. The Morgan fingerprint density at radius 1 is 1.24 bits per heavy atom. The maximum Gasteiger partial charge on any atom is 0.321 e. The third kappa shape index (κ3) is 4.53. The van der Waals surface area contributed by atoms with Crippen LogP contribution in [0, 0.1) is 0 Å². The van der Waals surface area contributed by atoms with E-state index in [0.717, 1.165) is 35.5 Å². The van der Waals surface area contributed by atoms with Crippen LogP contribution in [0.15, 0.2) is 48.5 Å². The molecule has 1 heterocycles. The van der Waals surface area contributed by atoms with Crippen molar-refractivity contribution in [1.29, 1.82) is 0 Å². The summed E-state index contributed by atoms with van der Waals surface area (Å²) in [6.07, 6.45) is 2.20. The number of anilines is 1. The van der Waals surface area contributed by atoms with Crippen molar-refractivity contribution in [1.82, 2.24) is 25.1 Å². The molecule has 3 aromatic rings.